The second-order valence-electron chi connectivity index (χ2n) is 6.18. The van der Waals surface area contributed by atoms with Crippen LogP contribution >= 0.6 is 0 Å². The monoisotopic (exact) mass is 254 g/mol. The van der Waals surface area contributed by atoms with Crippen molar-refractivity contribution in [3.05, 3.63) is 0 Å². The van der Waals surface area contributed by atoms with Crippen LogP contribution in [-0.2, 0) is 9.47 Å². The van der Waals surface area contributed by atoms with Gasteiger partial charge in [0.15, 0.2) is 5.79 Å². The normalized spacial score (nSPS) is 35.0. The van der Waals surface area contributed by atoms with Crippen LogP contribution in [0.25, 0.3) is 0 Å². The van der Waals surface area contributed by atoms with Gasteiger partial charge in [0.2, 0.25) is 0 Å². The zero-order valence-electron chi connectivity index (χ0n) is 11.5. The van der Waals surface area contributed by atoms with E-state index in [-0.39, 0.29) is 11.9 Å². The topological polar surface area (TPSA) is 33.7 Å². The van der Waals surface area contributed by atoms with E-state index in [2.05, 4.69) is 17.3 Å². The van der Waals surface area contributed by atoms with Crippen molar-refractivity contribution < 1.29 is 9.47 Å². The molecule has 2 saturated heterocycles. The number of likely N-dealkylation sites (N-methyl/N-ethyl adjacent to an activating group) is 1. The van der Waals surface area contributed by atoms with Gasteiger partial charge in [0, 0.05) is 32.0 Å². The fourth-order valence-electron chi connectivity index (χ4n) is 3.59. The van der Waals surface area contributed by atoms with Gasteiger partial charge in [0.05, 0.1) is 12.7 Å². The van der Waals surface area contributed by atoms with Gasteiger partial charge in [0.25, 0.3) is 0 Å². The quantitative estimate of drug-likeness (QED) is 0.821. The van der Waals surface area contributed by atoms with Crippen LogP contribution in [-0.4, -0.2) is 56.1 Å². The van der Waals surface area contributed by atoms with Crippen molar-refractivity contribution >= 4 is 0 Å². The first kappa shape index (κ1) is 12.9. The smallest absolute Gasteiger partial charge is 0.168 e. The molecule has 0 bridgehead atoms. The van der Waals surface area contributed by atoms with Crippen LogP contribution in [0.3, 0.4) is 0 Å². The highest BCUT2D eigenvalue weighted by atomic mass is 16.7. The Balaban J connectivity index is 1.42. The van der Waals surface area contributed by atoms with Crippen LogP contribution in [0.1, 0.15) is 38.5 Å². The minimum absolute atomic E-state index is 0.197. The lowest BCUT2D eigenvalue weighted by Crippen LogP contribution is -2.40. The summed E-state index contributed by atoms with van der Waals surface area (Å²) in [6.45, 7) is 4.10. The van der Waals surface area contributed by atoms with E-state index < -0.39 is 0 Å². The molecule has 0 radical (unpaired) electrons. The summed E-state index contributed by atoms with van der Waals surface area (Å²) in [5.74, 6) is -0.197. The molecule has 2 aliphatic heterocycles. The summed E-state index contributed by atoms with van der Waals surface area (Å²) in [6, 6.07) is 0.678. The fourth-order valence-corrected chi connectivity index (χ4v) is 3.59. The van der Waals surface area contributed by atoms with Crippen molar-refractivity contribution in [3.63, 3.8) is 0 Å². The maximum atomic E-state index is 6.16. The van der Waals surface area contributed by atoms with E-state index in [0.717, 1.165) is 32.5 Å². The van der Waals surface area contributed by atoms with Crippen LogP contribution < -0.4 is 5.32 Å². The summed E-state index contributed by atoms with van der Waals surface area (Å²) < 4.78 is 12.1. The van der Waals surface area contributed by atoms with Crippen molar-refractivity contribution in [2.45, 2.75) is 56.5 Å². The third-order valence-electron chi connectivity index (χ3n) is 4.49. The van der Waals surface area contributed by atoms with Crippen LogP contribution in [0.2, 0.25) is 0 Å². The van der Waals surface area contributed by atoms with Gasteiger partial charge < -0.3 is 19.7 Å². The lowest BCUT2D eigenvalue weighted by molar-refractivity contribution is -0.163. The van der Waals surface area contributed by atoms with Gasteiger partial charge in [0.1, 0.15) is 0 Å². The molecule has 0 aromatic rings. The summed E-state index contributed by atoms with van der Waals surface area (Å²) in [4.78, 5) is 2.39. The predicted octanol–water partition coefficient (Wildman–Crippen LogP) is 1.36. The highest BCUT2D eigenvalue weighted by Gasteiger charge is 2.43. The van der Waals surface area contributed by atoms with Crippen LogP contribution in [0.4, 0.5) is 0 Å². The summed E-state index contributed by atoms with van der Waals surface area (Å²) in [7, 11) is 2.20. The molecule has 0 aromatic carbocycles. The fraction of sp³-hybridized carbons (Fsp3) is 1.00. The lowest BCUT2D eigenvalue weighted by atomic mass is 10.2. The molecule has 2 atom stereocenters. The number of hydrogen-bond acceptors (Lipinski definition) is 4. The summed E-state index contributed by atoms with van der Waals surface area (Å²) >= 11 is 0. The van der Waals surface area contributed by atoms with E-state index in [1.807, 2.05) is 0 Å². The molecule has 4 heteroatoms. The van der Waals surface area contributed by atoms with Gasteiger partial charge in [-0.3, -0.25) is 0 Å². The van der Waals surface area contributed by atoms with E-state index in [1.54, 1.807) is 0 Å². The van der Waals surface area contributed by atoms with E-state index in [0.29, 0.717) is 6.04 Å². The molecule has 0 aromatic heterocycles. The largest absolute Gasteiger partial charge is 0.347 e. The number of hydrogen-bond donors (Lipinski definition) is 1. The lowest BCUT2D eigenvalue weighted by Gasteiger charge is -2.25. The Bertz CT molecular complexity index is 273. The van der Waals surface area contributed by atoms with Gasteiger partial charge in [-0.25, -0.2) is 0 Å². The standard InChI is InChI=1S/C14H26N2O2/c1-16(9-12-5-4-8-15-12)10-13-11-17-14(18-13)6-2-3-7-14/h12-13,15H,2-11H2,1H3. The number of nitrogens with one attached hydrogen (secondary N) is 1. The summed E-state index contributed by atoms with van der Waals surface area (Å²) in [5.41, 5.74) is 0. The average molecular weight is 254 g/mol. The molecule has 104 valence electrons. The highest BCUT2D eigenvalue weighted by Crippen LogP contribution is 2.39. The van der Waals surface area contributed by atoms with Crippen molar-refractivity contribution in [1.29, 1.82) is 0 Å². The minimum Gasteiger partial charge on any atom is -0.347 e. The SMILES string of the molecule is CN(CC1CCCN1)CC1COC2(CCCC2)O1. The first-order valence-electron chi connectivity index (χ1n) is 7.49. The third-order valence-corrected chi connectivity index (χ3v) is 4.49. The zero-order valence-corrected chi connectivity index (χ0v) is 11.5. The molecule has 0 amide bonds. The molecular formula is C14H26N2O2. The van der Waals surface area contributed by atoms with Crippen molar-refractivity contribution in [3.8, 4) is 0 Å². The van der Waals surface area contributed by atoms with Gasteiger partial charge >= 0.3 is 0 Å². The number of nitrogens with zero attached hydrogens (tertiary/aromatic N) is 1. The Hall–Kier alpha value is -0.160. The molecule has 1 saturated carbocycles. The van der Waals surface area contributed by atoms with Crippen molar-refractivity contribution in [1.82, 2.24) is 10.2 Å². The van der Waals surface area contributed by atoms with E-state index in [4.69, 9.17) is 9.47 Å². The Morgan fingerprint density at radius 3 is 2.78 bits per heavy atom. The average Bonchev–Trinajstić information content (AvgIpc) is 3.04. The molecule has 4 nitrogen and oxygen atoms in total. The first-order chi connectivity index (χ1) is 8.76. The number of ether oxygens (including phenoxy) is 2. The molecule has 3 aliphatic rings. The minimum atomic E-state index is -0.197. The van der Waals surface area contributed by atoms with E-state index in [9.17, 15) is 0 Å². The van der Waals surface area contributed by atoms with Crippen LogP contribution in [0.15, 0.2) is 0 Å². The molecule has 3 fully saturated rings. The number of rotatable bonds is 4. The summed E-state index contributed by atoms with van der Waals surface area (Å²) in [6.07, 6.45) is 7.62. The zero-order chi connectivity index (χ0) is 12.4. The van der Waals surface area contributed by atoms with Crippen LogP contribution in [0, 0.1) is 0 Å². The Morgan fingerprint density at radius 1 is 1.22 bits per heavy atom. The Morgan fingerprint density at radius 2 is 2.06 bits per heavy atom. The predicted molar refractivity (Wildman–Crippen MR) is 70.5 cm³/mol. The van der Waals surface area contributed by atoms with Crippen molar-refractivity contribution in [2.75, 3.05) is 33.3 Å². The molecule has 2 heterocycles. The first-order valence-corrected chi connectivity index (χ1v) is 7.49. The van der Waals surface area contributed by atoms with E-state index in [1.165, 1.54) is 32.2 Å². The van der Waals surface area contributed by atoms with Gasteiger partial charge in [-0.1, -0.05) is 0 Å². The molecule has 2 unspecified atom stereocenters. The molecular weight excluding hydrogens is 228 g/mol. The van der Waals surface area contributed by atoms with Gasteiger partial charge in [-0.2, -0.15) is 0 Å². The summed E-state index contributed by atoms with van der Waals surface area (Å²) in [5, 5.41) is 3.55. The van der Waals surface area contributed by atoms with Gasteiger partial charge in [-0.05, 0) is 39.3 Å². The third kappa shape index (κ3) is 2.87. The highest BCUT2D eigenvalue weighted by molar-refractivity contribution is 4.85. The second-order valence-corrected chi connectivity index (χ2v) is 6.18. The molecule has 1 aliphatic carbocycles. The Kier molecular flexibility index (Phi) is 3.89. The molecule has 1 spiro atoms. The molecule has 18 heavy (non-hydrogen) atoms. The Labute approximate surface area is 110 Å². The van der Waals surface area contributed by atoms with Gasteiger partial charge in [-0.15, -0.1) is 0 Å². The molecule has 3 rings (SSSR count). The van der Waals surface area contributed by atoms with Crippen LogP contribution in [0.5, 0.6) is 0 Å². The van der Waals surface area contributed by atoms with Crippen molar-refractivity contribution in [2.24, 2.45) is 0 Å². The second kappa shape index (κ2) is 5.45. The maximum Gasteiger partial charge on any atom is 0.168 e. The maximum absolute atomic E-state index is 6.16. The molecule has 1 N–H and O–H groups in total. The van der Waals surface area contributed by atoms with E-state index >= 15 is 0 Å².